The minimum atomic E-state index is 1.18. The summed E-state index contributed by atoms with van der Waals surface area (Å²) in [5, 5.41) is 2.31. The summed E-state index contributed by atoms with van der Waals surface area (Å²) < 4.78 is 0. The van der Waals surface area contributed by atoms with Gasteiger partial charge in [0.1, 0.15) is 0 Å². The molecule has 0 spiro atoms. The van der Waals surface area contributed by atoms with Crippen LogP contribution in [0.25, 0.3) is 6.08 Å². The maximum absolute atomic E-state index is 2.31. The highest BCUT2D eigenvalue weighted by atomic mass is 32.1. The fourth-order valence-corrected chi connectivity index (χ4v) is 2.67. The first-order chi connectivity index (χ1) is 5.42. The Hall–Kier alpha value is -0.560. The van der Waals surface area contributed by atoms with Crippen molar-refractivity contribution in [2.45, 2.75) is 26.2 Å². The number of allylic oxidation sites excluding steroid dienone is 1. The first-order valence-electron chi connectivity index (χ1n) is 4.17. The van der Waals surface area contributed by atoms with Crippen LogP contribution in [-0.2, 0) is 12.8 Å². The predicted molar refractivity (Wildman–Crippen MR) is 51.1 cm³/mol. The zero-order valence-electron chi connectivity index (χ0n) is 6.76. The van der Waals surface area contributed by atoms with Gasteiger partial charge in [-0.2, -0.15) is 0 Å². The lowest BCUT2D eigenvalue weighted by atomic mass is 10.0. The molecular formula is C10H12S. The summed E-state index contributed by atoms with van der Waals surface area (Å²) in [4.78, 5) is 1.59. The number of thiophene rings is 1. The van der Waals surface area contributed by atoms with E-state index in [1.54, 1.807) is 4.88 Å². The number of fused-ring (bicyclic) bond motifs is 1. The molecule has 1 aromatic rings. The monoisotopic (exact) mass is 164 g/mol. The van der Waals surface area contributed by atoms with E-state index in [1.807, 2.05) is 11.3 Å². The summed E-state index contributed by atoms with van der Waals surface area (Å²) >= 11 is 1.93. The predicted octanol–water partition coefficient (Wildman–Crippen LogP) is 3.27. The minimum absolute atomic E-state index is 1.18. The molecule has 0 nitrogen and oxygen atoms in total. The van der Waals surface area contributed by atoms with E-state index in [-0.39, 0.29) is 0 Å². The number of hydrogen-bond donors (Lipinski definition) is 0. The fourth-order valence-electron chi connectivity index (χ4n) is 1.53. The zero-order chi connectivity index (χ0) is 7.68. The summed E-state index contributed by atoms with van der Waals surface area (Å²) in [6.07, 6.45) is 8.24. The molecule has 0 saturated carbocycles. The van der Waals surface area contributed by atoms with Gasteiger partial charge in [0.15, 0.2) is 0 Å². The Balaban J connectivity index is 2.48. The average molecular weight is 164 g/mol. The maximum atomic E-state index is 2.31. The lowest BCUT2D eigenvalue weighted by Gasteiger charge is -2.04. The Labute approximate surface area is 71.6 Å². The van der Waals surface area contributed by atoms with E-state index < -0.39 is 0 Å². The van der Waals surface area contributed by atoms with Crippen LogP contribution in [0.5, 0.6) is 0 Å². The number of hydrogen-bond acceptors (Lipinski definition) is 1. The molecule has 58 valence electrons. The Morgan fingerprint density at radius 3 is 3.27 bits per heavy atom. The highest BCUT2D eigenvalue weighted by molar-refractivity contribution is 7.10. The first kappa shape index (κ1) is 7.11. The van der Waals surface area contributed by atoms with Crippen LogP contribution < -0.4 is 0 Å². The number of rotatable bonds is 1. The number of aryl methyl sites for hydroxylation is 2. The second-order valence-corrected chi connectivity index (χ2v) is 3.86. The molecule has 1 heteroatoms. The van der Waals surface area contributed by atoms with E-state index in [0.717, 1.165) is 0 Å². The lowest BCUT2D eigenvalue weighted by Crippen LogP contribution is -1.90. The smallest absolute Gasteiger partial charge is 0.0123 e. The van der Waals surface area contributed by atoms with Gasteiger partial charge in [0.05, 0.1) is 0 Å². The normalized spacial score (nSPS) is 15.0. The van der Waals surface area contributed by atoms with Gasteiger partial charge >= 0.3 is 0 Å². The van der Waals surface area contributed by atoms with E-state index in [1.165, 1.54) is 30.4 Å². The highest BCUT2D eigenvalue weighted by Gasteiger charge is 2.09. The van der Waals surface area contributed by atoms with Crippen LogP contribution in [0.2, 0.25) is 0 Å². The van der Waals surface area contributed by atoms with E-state index in [2.05, 4.69) is 24.5 Å². The van der Waals surface area contributed by atoms with Crippen molar-refractivity contribution < 1.29 is 0 Å². The molecule has 11 heavy (non-hydrogen) atoms. The highest BCUT2D eigenvalue weighted by Crippen LogP contribution is 2.28. The van der Waals surface area contributed by atoms with Gasteiger partial charge in [-0.15, -0.1) is 11.3 Å². The molecule has 0 N–H and O–H groups in total. The molecule has 0 amide bonds. The van der Waals surface area contributed by atoms with Gasteiger partial charge in [-0.05, 0) is 35.8 Å². The SMILES string of the molecule is CCc1csc2c1C=CCC2. The van der Waals surface area contributed by atoms with Crippen LogP contribution in [0, 0.1) is 0 Å². The van der Waals surface area contributed by atoms with Gasteiger partial charge in [0, 0.05) is 4.88 Å². The topological polar surface area (TPSA) is 0 Å². The molecule has 0 bridgehead atoms. The lowest BCUT2D eigenvalue weighted by molar-refractivity contribution is 1.00. The third kappa shape index (κ3) is 1.14. The van der Waals surface area contributed by atoms with Crippen LogP contribution >= 0.6 is 11.3 Å². The molecule has 1 aliphatic rings. The third-order valence-corrected chi connectivity index (χ3v) is 3.30. The van der Waals surface area contributed by atoms with Crippen LogP contribution in [-0.4, -0.2) is 0 Å². The fraction of sp³-hybridized carbons (Fsp3) is 0.400. The van der Waals surface area contributed by atoms with Crippen molar-refractivity contribution in [1.82, 2.24) is 0 Å². The van der Waals surface area contributed by atoms with E-state index in [0.29, 0.717) is 0 Å². The van der Waals surface area contributed by atoms with Crippen LogP contribution in [0.4, 0.5) is 0 Å². The second kappa shape index (κ2) is 2.82. The average Bonchev–Trinajstić information content (AvgIpc) is 2.47. The maximum Gasteiger partial charge on any atom is 0.0123 e. The molecular weight excluding hydrogens is 152 g/mol. The standard InChI is InChI=1S/C10H12S/c1-2-8-7-11-10-6-4-3-5-9(8)10/h3,5,7H,2,4,6H2,1H3. The Morgan fingerprint density at radius 2 is 2.45 bits per heavy atom. The van der Waals surface area contributed by atoms with Crippen molar-refractivity contribution in [3.8, 4) is 0 Å². The molecule has 0 radical (unpaired) electrons. The van der Waals surface area contributed by atoms with Gasteiger partial charge in [0.2, 0.25) is 0 Å². The second-order valence-electron chi connectivity index (χ2n) is 2.89. The van der Waals surface area contributed by atoms with Crippen molar-refractivity contribution in [3.05, 3.63) is 27.5 Å². The molecule has 2 rings (SSSR count). The largest absolute Gasteiger partial charge is 0.148 e. The molecule has 0 atom stereocenters. The van der Waals surface area contributed by atoms with Crippen molar-refractivity contribution in [2.75, 3.05) is 0 Å². The van der Waals surface area contributed by atoms with Crippen molar-refractivity contribution in [3.63, 3.8) is 0 Å². The summed E-state index contributed by atoms with van der Waals surface area (Å²) in [5.41, 5.74) is 3.05. The molecule has 1 aromatic heterocycles. The zero-order valence-corrected chi connectivity index (χ0v) is 7.58. The van der Waals surface area contributed by atoms with Gasteiger partial charge in [-0.3, -0.25) is 0 Å². The Morgan fingerprint density at radius 1 is 1.55 bits per heavy atom. The molecule has 1 heterocycles. The van der Waals surface area contributed by atoms with Gasteiger partial charge < -0.3 is 0 Å². The van der Waals surface area contributed by atoms with E-state index in [9.17, 15) is 0 Å². The van der Waals surface area contributed by atoms with Gasteiger partial charge in [-0.1, -0.05) is 19.1 Å². The van der Waals surface area contributed by atoms with Crippen LogP contribution in [0.15, 0.2) is 11.5 Å². The summed E-state index contributed by atoms with van der Waals surface area (Å²) in [6, 6.07) is 0. The van der Waals surface area contributed by atoms with Gasteiger partial charge in [0.25, 0.3) is 0 Å². The summed E-state index contributed by atoms with van der Waals surface area (Å²) in [6.45, 7) is 2.23. The Kier molecular flexibility index (Phi) is 1.82. The Bertz CT molecular complexity index is 281. The van der Waals surface area contributed by atoms with Crippen molar-refractivity contribution >= 4 is 17.4 Å². The van der Waals surface area contributed by atoms with Crippen LogP contribution in [0.3, 0.4) is 0 Å². The first-order valence-corrected chi connectivity index (χ1v) is 5.05. The summed E-state index contributed by atoms with van der Waals surface area (Å²) in [7, 11) is 0. The molecule has 1 aliphatic carbocycles. The van der Waals surface area contributed by atoms with Crippen LogP contribution in [0.1, 0.15) is 29.3 Å². The molecule has 0 aromatic carbocycles. The molecule has 0 aliphatic heterocycles. The summed E-state index contributed by atoms with van der Waals surface area (Å²) in [5.74, 6) is 0. The van der Waals surface area contributed by atoms with Crippen molar-refractivity contribution in [2.24, 2.45) is 0 Å². The quantitative estimate of drug-likeness (QED) is 0.597. The molecule has 0 saturated heterocycles. The molecule has 0 fully saturated rings. The molecule has 0 unspecified atom stereocenters. The van der Waals surface area contributed by atoms with E-state index in [4.69, 9.17) is 0 Å². The van der Waals surface area contributed by atoms with E-state index >= 15 is 0 Å². The third-order valence-electron chi connectivity index (χ3n) is 2.19. The van der Waals surface area contributed by atoms with Crippen molar-refractivity contribution in [1.29, 1.82) is 0 Å². The van der Waals surface area contributed by atoms with Gasteiger partial charge in [-0.25, -0.2) is 0 Å². The minimum Gasteiger partial charge on any atom is -0.148 e.